The van der Waals surface area contributed by atoms with Crippen LogP contribution in [0.2, 0.25) is 0 Å². The van der Waals surface area contributed by atoms with Gasteiger partial charge in [-0.2, -0.15) is 0 Å². The van der Waals surface area contributed by atoms with E-state index < -0.39 is 0 Å². The summed E-state index contributed by atoms with van der Waals surface area (Å²) >= 11 is 1.94. The molecule has 0 radical (unpaired) electrons. The third kappa shape index (κ3) is 3.06. The van der Waals surface area contributed by atoms with Crippen molar-refractivity contribution in [1.82, 2.24) is 5.32 Å². The molecule has 1 heterocycles. The molecule has 3 nitrogen and oxygen atoms in total. The van der Waals surface area contributed by atoms with Gasteiger partial charge < -0.3 is 14.8 Å². The highest BCUT2D eigenvalue weighted by atomic mass is 32.2. The average molecular weight is 267 g/mol. The van der Waals surface area contributed by atoms with Crippen molar-refractivity contribution in [2.75, 3.05) is 20.0 Å². The maximum Gasteiger partial charge on any atom is 0.171 e. The minimum absolute atomic E-state index is 0.168. The van der Waals surface area contributed by atoms with Gasteiger partial charge in [0, 0.05) is 25.2 Å². The molecule has 1 aromatic rings. The van der Waals surface area contributed by atoms with Crippen LogP contribution in [0, 0.1) is 0 Å². The SMILES string of the molecule is COC(OC)C(C)NC1CCSc2ccccc21. The number of thioether (sulfide) groups is 1. The molecule has 2 unspecified atom stereocenters. The first kappa shape index (κ1) is 13.9. The van der Waals surface area contributed by atoms with Gasteiger partial charge in [0.1, 0.15) is 0 Å². The Balaban J connectivity index is 2.07. The Morgan fingerprint density at radius 3 is 2.72 bits per heavy atom. The second-order valence-electron chi connectivity index (χ2n) is 4.52. The van der Waals surface area contributed by atoms with Crippen molar-refractivity contribution in [2.45, 2.75) is 36.6 Å². The molecule has 1 aliphatic heterocycles. The predicted octanol–water partition coefficient (Wildman–Crippen LogP) is 2.82. The number of methoxy groups -OCH3 is 2. The van der Waals surface area contributed by atoms with Crippen LogP contribution in [0.5, 0.6) is 0 Å². The Kier molecular flexibility index (Phi) is 5.06. The Hall–Kier alpha value is -0.550. The predicted molar refractivity (Wildman–Crippen MR) is 74.9 cm³/mol. The van der Waals surface area contributed by atoms with Crippen LogP contribution in [0.15, 0.2) is 29.2 Å². The first-order valence-electron chi connectivity index (χ1n) is 6.29. The summed E-state index contributed by atoms with van der Waals surface area (Å²) < 4.78 is 10.6. The van der Waals surface area contributed by atoms with Crippen molar-refractivity contribution in [1.29, 1.82) is 0 Å². The van der Waals surface area contributed by atoms with Gasteiger partial charge in [0.15, 0.2) is 6.29 Å². The molecule has 2 rings (SSSR count). The second-order valence-corrected chi connectivity index (χ2v) is 5.66. The summed E-state index contributed by atoms with van der Waals surface area (Å²) in [6.07, 6.45) is 0.943. The van der Waals surface area contributed by atoms with Crippen LogP contribution < -0.4 is 5.32 Å². The molecular weight excluding hydrogens is 246 g/mol. The minimum atomic E-state index is -0.202. The molecule has 1 aromatic carbocycles. The molecule has 100 valence electrons. The fraction of sp³-hybridized carbons (Fsp3) is 0.571. The van der Waals surface area contributed by atoms with Gasteiger partial charge in [-0.05, 0) is 30.7 Å². The minimum Gasteiger partial charge on any atom is -0.354 e. The highest BCUT2D eigenvalue weighted by molar-refractivity contribution is 7.99. The van der Waals surface area contributed by atoms with Gasteiger partial charge in [0.2, 0.25) is 0 Å². The van der Waals surface area contributed by atoms with Gasteiger partial charge in [-0.1, -0.05) is 18.2 Å². The van der Waals surface area contributed by atoms with E-state index in [1.54, 1.807) is 14.2 Å². The average Bonchev–Trinajstić information content (AvgIpc) is 2.40. The monoisotopic (exact) mass is 267 g/mol. The Bertz CT molecular complexity index is 382. The summed E-state index contributed by atoms with van der Waals surface area (Å²) in [6, 6.07) is 9.17. The van der Waals surface area contributed by atoms with Gasteiger partial charge in [-0.25, -0.2) is 0 Å². The molecule has 0 aromatic heterocycles. The Labute approximate surface area is 113 Å². The smallest absolute Gasteiger partial charge is 0.171 e. The molecule has 0 spiro atoms. The van der Waals surface area contributed by atoms with Crippen molar-refractivity contribution < 1.29 is 9.47 Å². The van der Waals surface area contributed by atoms with Crippen LogP contribution in [0.4, 0.5) is 0 Å². The van der Waals surface area contributed by atoms with Crippen molar-refractivity contribution in [3.8, 4) is 0 Å². The lowest BCUT2D eigenvalue weighted by Crippen LogP contribution is -2.42. The molecule has 0 saturated carbocycles. The molecule has 18 heavy (non-hydrogen) atoms. The third-order valence-corrected chi connectivity index (χ3v) is 4.42. The van der Waals surface area contributed by atoms with Crippen LogP contribution in [0.3, 0.4) is 0 Å². The van der Waals surface area contributed by atoms with E-state index in [9.17, 15) is 0 Å². The lowest BCUT2D eigenvalue weighted by Gasteiger charge is -2.31. The summed E-state index contributed by atoms with van der Waals surface area (Å²) in [5.74, 6) is 1.16. The van der Waals surface area contributed by atoms with Gasteiger partial charge in [0.05, 0.1) is 6.04 Å². The lowest BCUT2D eigenvalue weighted by atomic mass is 10.0. The Morgan fingerprint density at radius 1 is 1.28 bits per heavy atom. The van der Waals surface area contributed by atoms with Gasteiger partial charge in [0.25, 0.3) is 0 Å². The summed E-state index contributed by atoms with van der Waals surface area (Å²) in [4.78, 5) is 1.39. The zero-order chi connectivity index (χ0) is 13.0. The van der Waals surface area contributed by atoms with Crippen LogP contribution in [0.1, 0.15) is 24.9 Å². The number of rotatable bonds is 5. The largest absolute Gasteiger partial charge is 0.354 e. The fourth-order valence-corrected chi connectivity index (χ4v) is 3.54. The molecule has 0 amide bonds. The number of ether oxygens (including phenoxy) is 2. The molecule has 0 bridgehead atoms. The van der Waals surface area contributed by atoms with Crippen LogP contribution in [-0.4, -0.2) is 32.3 Å². The molecule has 0 fully saturated rings. The number of nitrogens with one attached hydrogen (secondary N) is 1. The first-order chi connectivity index (χ1) is 8.76. The number of fused-ring (bicyclic) bond motifs is 1. The van der Waals surface area contributed by atoms with Crippen molar-refractivity contribution in [2.24, 2.45) is 0 Å². The van der Waals surface area contributed by atoms with Crippen LogP contribution in [-0.2, 0) is 9.47 Å². The van der Waals surface area contributed by atoms with E-state index in [-0.39, 0.29) is 12.3 Å². The quantitative estimate of drug-likeness (QED) is 0.831. The molecule has 1 aliphatic rings. The van der Waals surface area contributed by atoms with E-state index in [1.807, 2.05) is 11.8 Å². The second kappa shape index (κ2) is 6.57. The fourth-order valence-electron chi connectivity index (χ4n) is 2.42. The standard InChI is InChI=1S/C14H21NO2S/c1-10(14(16-2)17-3)15-12-8-9-18-13-7-5-4-6-11(12)13/h4-7,10,12,14-15H,8-9H2,1-3H3. The van der Waals surface area contributed by atoms with Crippen molar-refractivity contribution in [3.63, 3.8) is 0 Å². The maximum atomic E-state index is 5.30. The zero-order valence-corrected chi connectivity index (χ0v) is 12.0. The van der Waals surface area contributed by atoms with E-state index in [2.05, 4.69) is 36.5 Å². The summed E-state index contributed by atoms with van der Waals surface area (Å²) in [5, 5.41) is 3.61. The zero-order valence-electron chi connectivity index (χ0n) is 11.2. The van der Waals surface area contributed by atoms with Crippen molar-refractivity contribution >= 4 is 11.8 Å². The normalized spacial score (nSPS) is 20.8. The molecule has 0 aliphatic carbocycles. The Morgan fingerprint density at radius 2 is 2.00 bits per heavy atom. The highest BCUT2D eigenvalue weighted by Gasteiger charge is 2.24. The van der Waals surface area contributed by atoms with E-state index in [0.29, 0.717) is 6.04 Å². The van der Waals surface area contributed by atoms with E-state index in [1.165, 1.54) is 10.5 Å². The van der Waals surface area contributed by atoms with E-state index in [0.717, 1.165) is 12.2 Å². The molecular formula is C14H21NO2S. The van der Waals surface area contributed by atoms with Crippen molar-refractivity contribution in [3.05, 3.63) is 29.8 Å². The summed E-state index contributed by atoms with van der Waals surface area (Å²) in [6.45, 7) is 2.10. The maximum absolute atomic E-state index is 5.30. The lowest BCUT2D eigenvalue weighted by molar-refractivity contribution is -0.121. The van der Waals surface area contributed by atoms with Gasteiger partial charge in [-0.15, -0.1) is 11.8 Å². The molecule has 4 heteroatoms. The molecule has 1 N–H and O–H groups in total. The van der Waals surface area contributed by atoms with Gasteiger partial charge in [-0.3, -0.25) is 0 Å². The summed E-state index contributed by atoms with van der Waals surface area (Å²) in [7, 11) is 3.36. The molecule has 0 saturated heterocycles. The number of hydrogen-bond acceptors (Lipinski definition) is 4. The van der Waals surface area contributed by atoms with Crippen LogP contribution >= 0.6 is 11.8 Å². The first-order valence-corrected chi connectivity index (χ1v) is 7.28. The highest BCUT2D eigenvalue weighted by Crippen LogP contribution is 2.36. The topological polar surface area (TPSA) is 30.5 Å². The third-order valence-electron chi connectivity index (χ3n) is 3.30. The number of hydrogen-bond donors (Lipinski definition) is 1. The van der Waals surface area contributed by atoms with Crippen LogP contribution in [0.25, 0.3) is 0 Å². The molecule has 2 atom stereocenters. The van der Waals surface area contributed by atoms with E-state index in [4.69, 9.17) is 9.47 Å². The van der Waals surface area contributed by atoms with Gasteiger partial charge >= 0.3 is 0 Å². The summed E-state index contributed by atoms with van der Waals surface area (Å²) in [5.41, 5.74) is 1.39. The van der Waals surface area contributed by atoms with E-state index >= 15 is 0 Å². The number of benzene rings is 1.